The zero-order valence-corrected chi connectivity index (χ0v) is 19.8. The molecule has 0 radical (unpaired) electrons. The Kier molecular flexibility index (Phi) is 7.39. The van der Waals surface area contributed by atoms with Crippen molar-refractivity contribution in [2.75, 3.05) is 37.1 Å². The number of carbonyl (C=O) groups is 1. The minimum absolute atomic E-state index is 0.0359. The number of fused-ring (bicyclic) bond motifs is 1. The lowest BCUT2D eigenvalue weighted by Crippen LogP contribution is -2.47. The number of nitrogens with one attached hydrogen (secondary N) is 1. The third kappa shape index (κ3) is 5.59. The molecule has 1 unspecified atom stereocenters. The number of ether oxygens (including phenoxy) is 1. The molecule has 2 aromatic rings. The van der Waals surface area contributed by atoms with Crippen LogP contribution in [0.4, 0.5) is 10.5 Å². The quantitative estimate of drug-likeness (QED) is 0.573. The van der Waals surface area contributed by atoms with Gasteiger partial charge in [-0.05, 0) is 55.2 Å². The van der Waals surface area contributed by atoms with Gasteiger partial charge in [-0.25, -0.2) is 13.2 Å². The highest BCUT2D eigenvalue weighted by molar-refractivity contribution is 7.92. The van der Waals surface area contributed by atoms with E-state index in [4.69, 9.17) is 16.3 Å². The first-order chi connectivity index (χ1) is 15.9. The van der Waals surface area contributed by atoms with Crippen molar-refractivity contribution >= 4 is 39.7 Å². The molecule has 0 bridgehead atoms. The normalized spacial score (nSPS) is 17.7. The predicted octanol–water partition coefficient (Wildman–Crippen LogP) is 3.31. The van der Waals surface area contributed by atoms with Crippen LogP contribution in [0.15, 0.2) is 58.4 Å². The van der Waals surface area contributed by atoms with Gasteiger partial charge in [0.15, 0.2) is 0 Å². The number of benzene rings is 2. The van der Waals surface area contributed by atoms with E-state index in [9.17, 15) is 13.2 Å². The molecule has 0 aliphatic carbocycles. The SMILES string of the molecule is O=C(NCCCN1C=NCC1)OCC1CCc2ccccc2N1S(=O)(=O)c1ccc(Cl)cc1. The molecule has 2 aliphatic heterocycles. The van der Waals surface area contributed by atoms with E-state index in [2.05, 4.69) is 15.2 Å². The van der Waals surface area contributed by atoms with Crippen LogP contribution in [-0.2, 0) is 21.2 Å². The number of alkyl carbamates (subject to hydrolysis) is 1. The van der Waals surface area contributed by atoms with Crippen LogP contribution in [0.25, 0.3) is 0 Å². The van der Waals surface area contributed by atoms with E-state index in [1.165, 1.54) is 16.4 Å². The van der Waals surface area contributed by atoms with Crippen LogP contribution in [0, 0.1) is 0 Å². The Morgan fingerprint density at radius 3 is 2.73 bits per heavy atom. The summed E-state index contributed by atoms with van der Waals surface area (Å²) in [5.41, 5.74) is 1.56. The number of anilines is 1. The maximum absolute atomic E-state index is 13.6. The van der Waals surface area contributed by atoms with Crippen LogP contribution in [0.2, 0.25) is 5.02 Å². The fraction of sp³-hybridized carbons (Fsp3) is 0.391. The van der Waals surface area contributed by atoms with Gasteiger partial charge in [-0.3, -0.25) is 9.30 Å². The Morgan fingerprint density at radius 2 is 1.97 bits per heavy atom. The van der Waals surface area contributed by atoms with E-state index in [0.29, 0.717) is 30.1 Å². The molecule has 2 aliphatic rings. The van der Waals surface area contributed by atoms with Gasteiger partial charge in [0.1, 0.15) is 6.61 Å². The molecule has 8 nitrogen and oxygen atoms in total. The summed E-state index contributed by atoms with van der Waals surface area (Å²) in [6.45, 7) is 2.98. The molecule has 10 heteroatoms. The fourth-order valence-corrected chi connectivity index (χ4v) is 5.88. The van der Waals surface area contributed by atoms with Gasteiger partial charge in [0.25, 0.3) is 10.0 Å². The molecule has 0 spiro atoms. The van der Waals surface area contributed by atoms with Crippen molar-refractivity contribution in [2.45, 2.75) is 30.2 Å². The summed E-state index contributed by atoms with van der Waals surface area (Å²) in [6, 6.07) is 13.0. The molecule has 2 heterocycles. The number of sulfonamides is 1. The Morgan fingerprint density at radius 1 is 1.18 bits per heavy atom. The third-order valence-corrected chi connectivity index (χ3v) is 7.87. The van der Waals surface area contributed by atoms with Gasteiger partial charge in [0, 0.05) is 24.7 Å². The molecule has 0 saturated carbocycles. The Labute approximate surface area is 199 Å². The highest BCUT2D eigenvalue weighted by Gasteiger charge is 2.36. The van der Waals surface area contributed by atoms with Crippen molar-refractivity contribution in [3.05, 3.63) is 59.1 Å². The number of halogens is 1. The second kappa shape index (κ2) is 10.4. The number of hydrogen-bond acceptors (Lipinski definition) is 6. The van der Waals surface area contributed by atoms with E-state index in [-0.39, 0.29) is 11.5 Å². The van der Waals surface area contributed by atoms with Gasteiger partial charge in [-0.15, -0.1) is 0 Å². The van der Waals surface area contributed by atoms with Crippen LogP contribution in [0.1, 0.15) is 18.4 Å². The summed E-state index contributed by atoms with van der Waals surface area (Å²) in [4.78, 5) is 18.6. The average molecular weight is 491 g/mol. The van der Waals surface area contributed by atoms with Crippen molar-refractivity contribution in [3.8, 4) is 0 Å². The Hall–Kier alpha value is -2.78. The second-order valence-corrected chi connectivity index (χ2v) is 10.3. The van der Waals surface area contributed by atoms with Crippen LogP contribution in [0.5, 0.6) is 0 Å². The largest absolute Gasteiger partial charge is 0.447 e. The summed E-state index contributed by atoms with van der Waals surface area (Å²) in [5, 5.41) is 3.20. The van der Waals surface area contributed by atoms with Crippen molar-refractivity contribution < 1.29 is 17.9 Å². The second-order valence-electron chi connectivity index (χ2n) is 8.01. The van der Waals surface area contributed by atoms with Crippen molar-refractivity contribution in [2.24, 2.45) is 4.99 Å². The highest BCUT2D eigenvalue weighted by atomic mass is 35.5. The molecule has 1 amide bonds. The zero-order valence-electron chi connectivity index (χ0n) is 18.2. The summed E-state index contributed by atoms with van der Waals surface area (Å²) >= 11 is 5.95. The number of aliphatic imine (C=N–C) groups is 1. The molecule has 1 N–H and O–H groups in total. The van der Waals surface area contributed by atoms with E-state index in [0.717, 1.165) is 31.6 Å². The lowest BCUT2D eigenvalue weighted by atomic mass is 9.98. The van der Waals surface area contributed by atoms with Gasteiger partial charge in [0.2, 0.25) is 0 Å². The molecule has 2 aromatic carbocycles. The van der Waals surface area contributed by atoms with Crippen LogP contribution in [0.3, 0.4) is 0 Å². The van der Waals surface area contributed by atoms with Gasteiger partial charge < -0.3 is 15.0 Å². The molecular formula is C23H27ClN4O4S. The lowest BCUT2D eigenvalue weighted by Gasteiger charge is -2.37. The zero-order chi connectivity index (χ0) is 23.3. The van der Waals surface area contributed by atoms with E-state index >= 15 is 0 Å². The Bertz CT molecular complexity index is 1110. The summed E-state index contributed by atoms with van der Waals surface area (Å²) < 4.78 is 33.9. The number of hydrogen-bond donors (Lipinski definition) is 1. The molecular weight excluding hydrogens is 464 g/mol. The van der Waals surface area contributed by atoms with Crippen molar-refractivity contribution in [3.63, 3.8) is 0 Å². The number of rotatable bonds is 8. The molecule has 1 atom stereocenters. The number of nitrogens with zero attached hydrogens (tertiary/aromatic N) is 3. The Balaban J connectivity index is 1.42. The first-order valence-electron chi connectivity index (χ1n) is 11.0. The minimum Gasteiger partial charge on any atom is -0.447 e. The highest BCUT2D eigenvalue weighted by Crippen LogP contribution is 2.35. The topological polar surface area (TPSA) is 91.3 Å². The minimum atomic E-state index is -3.87. The fourth-order valence-electron chi connectivity index (χ4n) is 4.05. The lowest BCUT2D eigenvalue weighted by molar-refractivity contribution is 0.137. The van der Waals surface area contributed by atoms with Gasteiger partial charge in [-0.1, -0.05) is 29.8 Å². The number of aryl methyl sites for hydroxylation is 1. The van der Waals surface area contributed by atoms with Crippen molar-refractivity contribution in [1.82, 2.24) is 10.2 Å². The van der Waals surface area contributed by atoms with Gasteiger partial charge in [0.05, 0.1) is 29.5 Å². The average Bonchev–Trinajstić information content (AvgIpc) is 3.34. The monoisotopic (exact) mass is 490 g/mol. The standard InChI is InChI=1S/C23H27ClN4O4S/c24-19-7-10-21(11-8-19)33(30,31)28-20(9-6-18-4-1-2-5-22(18)28)16-32-23(29)26-12-3-14-27-15-13-25-17-27/h1-2,4-5,7-8,10-11,17,20H,3,6,9,12-16H2,(H,26,29). The van der Waals surface area contributed by atoms with Gasteiger partial charge in [-0.2, -0.15) is 0 Å². The number of para-hydroxylation sites is 1. The van der Waals surface area contributed by atoms with E-state index in [1.54, 1.807) is 18.2 Å². The van der Waals surface area contributed by atoms with E-state index < -0.39 is 22.2 Å². The molecule has 33 heavy (non-hydrogen) atoms. The molecule has 176 valence electrons. The molecule has 0 aromatic heterocycles. The number of carbonyl (C=O) groups excluding carboxylic acids is 1. The number of amides is 1. The molecule has 0 fully saturated rings. The summed E-state index contributed by atoms with van der Waals surface area (Å²) in [5.74, 6) is 0. The van der Waals surface area contributed by atoms with Crippen molar-refractivity contribution in [1.29, 1.82) is 0 Å². The van der Waals surface area contributed by atoms with E-state index in [1.807, 2.05) is 24.5 Å². The third-order valence-electron chi connectivity index (χ3n) is 5.74. The maximum Gasteiger partial charge on any atom is 0.407 e. The summed E-state index contributed by atoms with van der Waals surface area (Å²) in [6.07, 6.45) is 3.30. The summed E-state index contributed by atoms with van der Waals surface area (Å²) in [7, 11) is -3.87. The first-order valence-corrected chi connectivity index (χ1v) is 12.8. The first kappa shape index (κ1) is 23.4. The van der Waals surface area contributed by atoms with Crippen LogP contribution < -0.4 is 9.62 Å². The predicted molar refractivity (Wildman–Crippen MR) is 129 cm³/mol. The van der Waals surface area contributed by atoms with Crippen LogP contribution in [-0.4, -0.2) is 64.6 Å². The molecule has 4 rings (SSSR count). The van der Waals surface area contributed by atoms with Crippen LogP contribution >= 0.6 is 11.6 Å². The molecule has 0 saturated heterocycles. The maximum atomic E-state index is 13.6. The van der Waals surface area contributed by atoms with Gasteiger partial charge >= 0.3 is 6.09 Å². The smallest absolute Gasteiger partial charge is 0.407 e.